The minimum absolute atomic E-state index is 0.0249. The number of aromatic carboxylic acids is 1. The van der Waals surface area contributed by atoms with Crippen molar-refractivity contribution in [3.63, 3.8) is 0 Å². The maximum absolute atomic E-state index is 12.0. The highest BCUT2D eigenvalue weighted by atomic mass is 79.9. The van der Waals surface area contributed by atoms with Crippen molar-refractivity contribution >= 4 is 37.6 Å². The van der Waals surface area contributed by atoms with Crippen LogP contribution in [0.5, 0.6) is 0 Å². The van der Waals surface area contributed by atoms with Crippen LogP contribution < -0.4 is 4.72 Å². The average molecular weight is 346 g/mol. The highest BCUT2D eigenvalue weighted by molar-refractivity contribution is 9.10. The van der Waals surface area contributed by atoms with E-state index in [9.17, 15) is 13.2 Å². The number of halogens is 1. The van der Waals surface area contributed by atoms with Crippen LogP contribution in [0.1, 0.15) is 10.4 Å². The number of nitrogens with one attached hydrogen (secondary N) is 2. The average Bonchev–Trinajstić information content (AvgIpc) is 2.81. The summed E-state index contributed by atoms with van der Waals surface area (Å²) in [4.78, 5) is 11.0. The molecule has 1 heterocycles. The van der Waals surface area contributed by atoms with Gasteiger partial charge in [0.1, 0.15) is 4.90 Å². The lowest BCUT2D eigenvalue weighted by atomic mass is 10.2. The molecule has 0 aliphatic rings. The first kappa shape index (κ1) is 13.6. The highest BCUT2D eigenvalue weighted by Crippen LogP contribution is 2.24. The van der Waals surface area contributed by atoms with Crippen LogP contribution in [-0.4, -0.2) is 29.7 Å². The lowest BCUT2D eigenvalue weighted by Crippen LogP contribution is -2.15. The van der Waals surface area contributed by atoms with Gasteiger partial charge in [-0.2, -0.15) is 5.10 Å². The van der Waals surface area contributed by atoms with Crippen molar-refractivity contribution in [2.75, 3.05) is 4.72 Å². The maximum atomic E-state index is 12.0. The van der Waals surface area contributed by atoms with Crippen molar-refractivity contribution in [3.05, 3.63) is 40.6 Å². The molecule has 0 radical (unpaired) electrons. The van der Waals surface area contributed by atoms with Crippen LogP contribution in [0.2, 0.25) is 0 Å². The van der Waals surface area contributed by atoms with Gasteiger partial charge in [0.2, 0.25) is 0 Å². The van der Waals surface area contributed by atoms with Gasteiger partial charge < -0.3 is 5.11 Å². The van der Waals surface area contributed by atoms with Gasteiger partial charge in [0.25, 0.3) is 10.0 Å². The lowest BCUT2D eigenvalue weighted by Gasteiger charge is -2.09. The number of hydrogen-bond acceptors (Lipinski definition) is 4. The molecule has 0 bridgehead atoms. The number of carbonyl (C=O) groups is 1. The summed E-state index contributed by atoms with van der Waals surface area (Å²) in [5, 5.41) is 14.9. The van der Waals surface area contributed by atoms with Crippen molar-refractivity contribution in [1.29, 1.82) is 0 Å². The molecule has 0 unspecified atom stereocenters. The fourth-order valence-corrected chi connectivity index (χ4v) is 2.71. The van der Waals surface area contributed by atoms with Gasteiger partial charge in [-0.1, -0.05) is 15.9 Å². The van der Waals surface area contributed by atoms with E-state index in [0.29, 0.717) is 4.47 Å². The highest BCUT2D eigenvalue weighted by Gasteiger charge is 2.19. The van der Waals surface area contributed by atoms with E-state index < -0.39 is 16.0 Å². The van der Waals surface area contributed by atoms with Crippen LogP contribution in [0.15, 0.2) is 40.0 Å². The first-order valence-corrected chi connectivity index (χ1v) is 7.22. The number of nitrogens with zero attached hydrogens (tertiary/aromatic N) is 1. The topological polar surface area (TPSA) is 112 Å². The van der Waals surface area contributed by atoms with E-state index in [2.05, 4.69) is 30.8 Å². The van der Waals surface area contributed by atoms with Crippen molar-refractivity contribution < 1.29 is 18.3 Å². The van der Waals surface area contributed by atoms with E-state index in [-0.39, 0.29) is 16.1 Å². The van der Waals surface area contributed by atoms with Crippen molar-refractivity contribution in [2.24, 2.45) is 0 Å². The molecular weight excluding hydrogens is 338 g/mol. The minimum Gasteiger partial charge on any atom is -0.478 e. The molecule has 3 N–H and O–H groups in total. The molecule has 1 aromatic carbocycles. The Labute approximate surface area is 116 Å². The number of H-pyrrole nitrogens is 1. The van der Waals surface area contributed by atoms with Crippen LogP contribution in [0, 0.1) is 0 Å². The Bertz CT molecular complexity index is 712. The molecule has 9 heteroatoms. The normalized spacial score (nSPS) is 11.2. The Morgan fingerprint density at radius 3 is 2.74 bits per heavy atom. The number of carboxylic acid groups (broad SMARTS) is 1. The van der Waals surface area contributed by atoms with Crippen molar-refractivity contribution in [2.45, 2.75) is 4.90 Å². The van der Waals surface area contributed by atoms with Gasteiger partial charge in [-0.25, -0.2) is 13.2 Å². The summed E-state index contributed by atoms with van der Waals surface area (Å²) < 4.78 is 26.7. The van der Waals surface area contributed by atoms with E-state index >= 15 is 0 Å². The molecule has 100 valence electrons. The van der Waals surface area contributed by atoms with Crippen LogP contribution in [-0.2, 0) is 10.0 Å². The molecule has 2 rings (SSSR count). The molecule has 7 nitrogen and oxygen atoms in total. The summed E-state index contributed by atoms with van der Waals surface area (Å²) >= 11 is 3.16. The molecule has 0 amide bonds. The number of aromatic amines is 1. The van der Waals surface area contributed by atoms with Gasteiger partial charge >= 0.3 is 5.97 Å². The van der Waals surface area contributed by atoms with Gasteiger partial charge in [0.05, 0.1) is 17.4 Å². The number of aromatic nitrogens is 2. The van der Waals surface area contributed by atoms with Crippen LogP contribution in [0.3, 0.4) is 0 Å². The number of anilines is 1. The SMILES string of the molecule is O=C(O)c1ccc(Br)cc1NS(=O)(=O)c1cn[nH]c1. The summed E-state index contributed by atoms with van der Waals surface area (Å²) in [5.74, 6) is -1.22. The van der Waals surface area contributed by atoms with Gasteiger partial charge in [0.15, 0.2) is 0 Å². The first-order chi connectivity index (χ1) is 8.90. The van der Waals surface area contributed by atoms with E-state index in [0.717, 1.165) is 6.20 Å². The zero-order valence-electron chi connectivity index (χ0n) is 9.29. The molecule has 0 saturated carbocycles. The van der Waals surface area contributed by atoms with Crippen molar-refractivity contribution in [1.82, 2.24) is 10.2 Å². The van der Waals surface area contributed by atoms with Crippen LogP contribution in [0.25, 0.3) is 0 Å². The second-order valence-electron chi connectivity index (χ2n) is 3.53. The predicted molar refractivity (Wildman–Crippen MR) is 70.5 cm³/mol. The zero-order chi connectivity index (χ0) is 14.0. The summed E-state index contributed by atoms with van der Waals surface area (Å²) in [6.45, 7) is 0. The van der Waals surface area contributed by atoms with E-state index in [1.165, 1.54) is 24.4 Å². The largest absolute Gasteiger partial charge is 0.478 e. The third-order valence-electron chi connectivity index (χ3n) is 2.24. The summed E-state index contributed by atoms with van der Waals surface area (Å²) in [5.41, 5.74) is -0.168. The van der Waals surface area contributed by atoms with Crippen molar-refractivity contribution in [3.8, 4) is 0 Å². The Hall–Kier alpha value is -1.87. The zero-order valence-corrected chi connectivity index (χ0v) is 11.7. The molecule has 0 fully saturated rings. The molecule has 0 spiro atoms. The Balaban J connectivity index is 2.44. The van der Waals surface area contributed by atoms with E-state index in [4.69, 9.17) is 5.11 Å². The summed E-state index contributed by atoms with van der Waals surface area (Å²) in [6.07, 6.45) is 2.32. The third-order valence-corrected chi connectivity index (χ3v) is 4.07. The number of hydrogen-bond donors (Lipinski definition) is 3. The Morgan fingerprint density at radius 1 is 1.42 bits per heavy atom. The maximum Gasteiger partial charge on any atom is 0.337 e. The van der Waals surface area contributed by atoms with Gasteiger partial charge in [0, 0.05) is 10.7 Å². The summed E-state index contributed by atoms with van der Waals surface area (Å²) in [7, 11) is -3.87. The minimum atomic E-state index is -3.87. The van der Waals surface area contributed by atoms with Gasteiger partial charge in [-0.05, 0) is 18.2 Å². The second kappa shape index (κ2) is 5.02. The number of rotatable bonds is 4. The molecule has 0 aliphatic carbocycles. The fourth-order valence-electron chi connectivity index (χ4n) is 1.38. The lowest BCUT2D eigenvalue weighted by molar-refractivity contribution is 0.0698. The van der Waals surface area contributed by atoms with Crippen LogP contribution >= 0.6 is 15.9 Å². The molecule has 0 aliphatic heterocycles. The quantitative estimate of drug-likeness (QED) is 0.780. The van der Waals surface area contributed by atoms with Gasteiger partial charge in [-0.3, -0.25) is 9.82 Å². The predicted octanol–water partition coefficient (Wildman–Crippen LogP) is 1.67. The second-order valence-corrected chi connectivity index (χ2v) is 6.13. The summed E-state index contributed by atoms with van der Waals surface area (Å²) in [6, 6.07) is 4.19. The Morgan fingerprint density at radius 2 is 2.16 bits per heavy atom. The molecule has 2 aromatic rings. The van der Waals surface area contributed by atoms with E-state index in [1.54, 1.807) is 0 Å². The monoisotopic (exact) mass is 345 g/mol. The molecule has 19 heavy (non-hydrogen) atoms. The molecule has 1 aromatic heterocycles. The van der Waals surface area contributed by atoms with Gasteiger partial charge in [-0.15, -0.1) is 0 Å². The van der Waals surface area contributed by atoms with Crippen LogP contribution in [0.4, 0.5) is 5.69 Å². The Kier molecular flexibility index (Phi) is 3.58. The first-order valence-electron chi connectivity index (χ1n) is 4.94. The third kappa shape index (κ3) is 2.93. The fraction of sp³-hybridized carbons (Fsp3) is 0. The smallest absolute Gasteiger partial charge is 0.337 e. The molecule has 0 saturated heterocycles. The molecular formula is C10H8BrN3O4S. The number of carboxylic acids is 1. The standard InChI is InChI=1S/C10H8BrN3O4S/c11-6-1-2-8(10(15)16)9(3-6)14-19(17,18)7-4-12-13-5-7/h1-5,14H,(H,12,13)(H,15,16). The van der Waals surface area contributed by atoms with E-state index in [1.807, 2.05) is 0 Å². The molecule has 0 atom stereocenters. The number of benzene rings is 1. The number of sulfonamides is 1.